The average molecular weight is 523 g/mol. The van der Waals surface area contributed by atoms with Crippen LogP contribution in [0.1, 0.15) is 54.4 Å². The number of unbranched alkanes of at least 4 members (excludes halogenated alkanes) is 2. The maximum absolute atomic E-state index is 12.9. The van der Waals surface area contributed by atoms with Crippen LogP contribution >= 0.6 is 23.5 Å². The highest BCUT2D eigenvalue weighted by Crippen LogP contribution is 2.43. The molecule has 4 heterocycles. The normalized spacial score (nSPS) is 24.1. The highest BCUT2D eigenvalue weighted by atomic mass is 32.2. The molecule has 2 aliphatic rings. The van der Waals surface area contributed by atoms with Gasteiger partial charge < -0.3 is 28.8 Å². The molecule has 0 radical (unpaired) electrons. The molecular formula is C23H26N2O8S2. The molecule has 4 rings (SSSR count). The molecule has 2 fully saturated rings. The van der Waals surface area contributed by atoms with Gasteiger partial charge in [0.1, 0.15) is 34.4 Å². The first-order valence-electron chi connectivity index (χ1n) is 11.3. The molecule has 2 aromatic heterocycles. The topological polar surface area (TPSA) is 141 Å². The Morgan fingerprint density at radius 2 is 1.20 bits per heavy atom. The lowest BCUT2D eigenvalue weighted by atomic mass is 10.1. The number of hydrogen-bond donors (Lipinski definition) is 2. The quantitative estimate of drug-likeness (QED) is 0.445. The minimum atomic E-state index is -1.05. The van der Waals surface area contributed by atoms with E-state index in [9.17, 15) is 29.4 Å². The van der Waals surface area contributed by atoms with Gasteiger partial charge in [-0.3, -0.25) is 9.59 Å². The van der Waals surface area contributed by atoms with E-state index in [1.807, 2.05) is 0 Å². The van der Waals surface area contributed by atoms with E-state index in [-0.39, 0.29) is 36.2 Å². The maximum Gasteiger partial charge on any atom is 0.327 e. The summed E-state index contributed by atoms with van der Waals surface area (Å²) in [4.78, 5) is 51.9. The molecule has 0 spiro atoms. The Bertz CT molecular complexity index is 960. The van der Waals surface area contributed by atoms with Gasteiger partial charge >= 0.3 is 11.9 Å². The number of aliphatic carboxylic acids is 2. The summed E-state index contributed by atoms with van der Waals surface area (Å²) in [5.74, 6) is -0.973. The fraction of sp³-hybridized carbons (Fsp3) is 0.478. The second-order valence-corrected chi connectivity index (χ2v) is 10.5. The van der Waals surface area contributed by atoms with Crippen molar-refractivity contribution < 1.29 is 38.2 Å². The smallest absolute Gasteiger partial charge is 0.327 e. The molecule has 0 saturated carbocycles. The van der Waals surface area contributed by atoms with E-state index in [0.29, 0.717) is 30.8 Å². The first kappa shape index (κ1) is 25.2. The van der Waals surface area contributed by atoms with Gasteiger partial charge in [-0.1, -0.05) is 6.42 Å². The van der Waals surface area contributed by atoms with Crippen LogP contribution in [0.5, 0.6) is 0 Å². The summed E-state index contributed by atoms with van der Waals surface area (Å²) >= 11 is 2.72. The number of hydrogen-bond acceptors (Lipinski definition) is 8. The number of furan rings is 2. The van der Waals surface area contributed by atoms with Crippen molar-refractivity contribution in [2.24, 2.45) is 0 Å². The van der Waals surface area contributed by atoms with Crippen molar-refractivity contribution in [3.63, 3.8) is 0 Å². The zero-order chi connectivity index (χ0) is 24.9. The lowest BCUT2D eigenvalue weighted by molar-refractivity contribution is -0.149. The van der Waals surface area contributed by atoms with Gasteiger partial charge in [0.05, 0.1) is 12.5 Å². The minimum Gasteiger partial charge on any atom is -0.480 e. The monoisotopic (exact) mass is 522 g/mol. The fourth-order valence-electron chi connectivity index (χ4n) is 4.29. The molecule has 2 amide bonds. The van der Waals surface area contributed by atoms with Crippen LogP contribution in [0.15, 0.2) is 45.6 Å². The van der Waals surface area contributed by atoms with Crippen LogP contribution in [0.4, 0.5) is 0 Å². The number of thioether (sulfide) groups is 2. The second kappa shape index (κ2) is 11.3. The van der Waals surface area contributed by atoms with Gasteiger partial charge in [-0.25, -0.2) is 9.59 Å². The summed E-state index contributed by atoms with van der Waals surface area (Å²) in [6.07, 6.45) is 4.85. The van der Waals surface area contributed by atoms with Crippen LogP contribution in [-0.2, 0) is 19.2 Å². The molecule has 10 nitrogen and oxygen atoms in total. The molecule has 0 bridgehead atoms. The molecule has 12 heteroatoms. The van der Waals surface area contributed by atoms with Crippen LogP contribution in [0.2, 0.25) is 0 Å². The number of rotatable bonds is 10. The summed E-state index contributed by atoms with van der Waals surface area (Å²) in [6.45, 7) is 0. The predicted octanol–water partition coefficient (Wildman–Crippen LogP) is 3.58. The Morgan fingerprint density at radius 1 is 0.771 bits per heavy atom. The number of nitrogens with zero attached hydrogens (tertiary/aromatic N) is 2. The molecule has 4 atom stereocenters. The highest BCUT2D eigenvalue weighted by molar-refractivity contribution is 8.00. The van der Waals surface area contributed by atoms with E-state index in [1.54, 1.807) is 24.3 Å². The molecule has 2 N–H and O–H groups in total. The molecule has 35 heavy (non-hydrogen) atoms. The van der Waals surface area contributed by atoms with E-state index in [2.05, 4.69) is 0 Å². The van der Waals surface area contributed by atoms with E-state index < -0.39 is 34.8 Å². The van der Waals surface area contributed by atoms with Gasteiger partial charge in [0, 0.05) is 24.3 Å². The third-order valence-electron chi connectivity index (χ3n) is 6.00. The molecule has 2 aliphatic heterocycles. The molecule has 0 aromatic carbocycles. The summed E-state index contributed by atoms with van der Waals surface area (Å²) in [6, 6.07) is 5.03. The summed E-state index contributed by atoms with van der Waals surface area (Å²) in [5.41, 5.74) is 0. The Kier molecular flexibility index (Phi) is 8.11. The maximum atomic E-state index is 12.9. The van der Waals surface area contributed by atoms with E-state index in [0.717, 1.165) is 0 Å². The van der Waals surface area contributed by atoms with Crippen LogP contribution in [0, 0.1) is 0 Å². The molecule has 188 valence electrons. The Hall–Kier alpha value is -2.86. The fourth-order valence-corrected chi connectivity index (χ4v) is 7.07. The first-order valence-corrected chi connectivity index (χ1v) is 13.4. The zero-order valence-corrected chi connectivity index (χ0v) is 20.4. The molecule has 2 aromatic rings. The molecular weight excluding hydrogens is 496 g/mol. The summed E-state index contributed by atoms with van der Waals surface area (Å²) < 4.78 is 10.8. The van der Waals surface area contributed by atoms with Crippen molar-refractivity contribution in [1.29, 1.82) is 0 Å². The predicted molar refractivity (Wildman–Crippen MR) is 127 cm³/mol. The van der Waals surface area contributed by atoms with E-state index in [1.165, 1.54) is 45.8 Å². The number of carboxylic acids is 2. The standard InChI is InChI=1S/C23H26N2O8S2/c26-18(24-14(22(28)29)12-34-20(24)16-6-4-10-32-16)8-2-1-3-9-19(27)25-15(23(30)31)13-35-21(25)17-7-5-11-33-17/h4-7,10-11,14-15,20-21H,1-3,8-9,12-13H2,(H,28,29)(H,30,31)/t14-,15-,20?,21?/m0/s1. The van der Waals surface area contributed by atoms with Gasteiger partial charge in [-0.15, -0.1) is 23.5 Å². The largest absolute Gasteiger partial charge is 0.480 e. The van der Waals surface area contributed by atoms with Crippen molar-refractivity contribution in [2.45, 2.75) is 54.9 Å². The lowest BCUT2D eigenvalue weighted by Crippen LogP contribution is -2.43. The first-order chi connectivity index (χ1) is 16.9. The van der Waals surface area contributed by atoms with Crippen molar-refractivity contribution in [2.75, 3.05) is 11.5 Å². The zero-order valence-electron chi connectivity index (χ0n) is 18.8. The number of amides is 2. The Morgan fingerprint density at radius 3 is 1.54 bits per heavy atom. The van der Waals surface area contributed by atoms with Crippen LogP contribution in [0.3, 0.4) is 0 Å². The Balaban J connectivity index is 1.29. The summed E-state index contributed by atoms with van der Waals surface area (Å²) in [5, 5.41) is 18.1. The van der Waals surface area contributed by atoms with Crippen molar-refractivity contribution in [3.05, 3.63) is 48.3 Å². The second-order valence-electron chi connectivity index (χ2n) is 8.27. The van der Waals surface area contributed by atoms with E-state index >= 15 is 0 Å². The van der Waals surface area contributed by atoms with Crippen LogP contribution < -0.4 is 0 Å². The lowest BCUT2D eigenvalue weighted by Gasteiger charge is -2.26. The van der Waals surface area contributed by atoms with Gasteiger partial charge in [0.2, 0.25) is 11.8 Å². The van der Waals surface area contributed by atoms with Gasteiger partial charge in [-0.05, 0) is 37.1 Å². The van der Waals surface area contributed by atoms with Gasteiger partial charge in [-0.2, -0.15) is 0 Å². The van der Waals surface area contributed by atoms with E-state index in [4.69, 9.17) is 8.83 Å². The molecule has 2 saturated heterocycles. The van der Waals surface area contributed by atoms with Gasteiger partial charge in [0.15, 0.2) is 0 Å². The van der Waals surface area contributed by atoms with Crippen LogP contribution in [-0.4, -0.2) is 67.4 Å². The number of carboxylic acid groups (broad SMARTS) is 2. The minimum absolute atomic E-state index is 0.155. The third-order valence-corrected chi connectivity index (χ3v) is 8.57. The Labute approximate surface area is 210 Å². The van der Waals surface area contributed by atoms with Crippen molar-refractivity contribution in [3.8, 4) is 0 Å². The number of carbonyl (C=O) groups is 4. The number of carbonyl (C=O) groups excluding carboxylic acids is 2. The van der Waals surface area contributed by atoms with Crippen LogP contribution in [0.25, 0.3) is 0 Å². The molecule has 0 aliphatic carbocycles. The third kappa shape index (κ3) is 5.53. The van der Waals surface area contributed by atoms with Crippen molar-refractivity contribution in [1.82, 2.24) is 9.80 Å². The van der Waals surface area contributed by atoms with Gasteiger partial charge in [0.25, 0.3) is 0 Å². The highest BCUT2D eigenvalue weighted by Gasteiger charge is 2.44. The van der Waals surface area contributed by atoms with Crippen molar-refractivity contribution >= 4 is 47.3 Å². The summed E-state index contributed by atoms with van der Waals surface area (Å²) in [7, 11) is 0. The SMILES string of the molecule is O=C(O)[C@@H]1CSC(c2ccco2)N1C(=O)CCCCCC(=O)N1C(c2ccco2)SC[C@H]1C(=O)O. The average Bonchev–Trinajstić information content (AvgIpc) is 3.62. The molecule has 2 unspecified atom stereocenters.